The lowest BCUT2D eigenvalue weighted by Crippen LogP contribution is -2.34. The molecule has 1 N–H and O–H groups in total. The standard InChI is InChI=1S/C26H31N3O2/c1-30-26-7-3-2-6-24(26)25(29-16-4-5-17-29)19-28-18-21-8-10-23(11-9-21)31-20-22-12-14-27-15-13-22/h2-3,6-15,25,28H,4-5,16-20H2,1H3/t25-/m0/s1. The zero-order chi connectivity index (χ0) is 21.3. The molecule has 3 aromatic rings. The normalized spacial score (nSPS) is 15.0. The molecule has 2 aromatic carbocycles. The van der Waals surface area contributed by atoms with Gasteiger partial charge in [0.05, 0.1) is 13.2 Å². The van der Waals surface area contributed by atoms with Crippen molar-refractivity contribution < 1.29 is 9.47 Å². The summed E-state index contributed by atoms with van der Waals surface area (Å²) in [6.45, 7) is 4.56. The summed E-state index contributed by atoms with van der Waals surface area (Å²) in [5.41, 5.74) is 3.63. The fraction of sp³-hybridized carbons (Fsp3) is 0.346. The summed E-state index contributed by atoms with van der Waals surface area (Å²) in [5, 5.41) is 3.66. The van der Waals surface area contributed by atoms with Crippen molar-refractivity contribution in [2.45, 2.75) is 32.0 Å². The predicted molar refractivity (Wildman–Crippen MR) is 123 cm³/mol. The summed E-state index contributed by atoms with van der Waals surface area (Å²) in [6, 6.07) is 21.0. The van der Waals surface area contributed by atoms with Gasteiger partial charge >= 0.3 is 0 Å². The number of benzene rings is 2. The highest BCUT2D eigenvalue weighted by atomic mass is 16.5. The maximum absolute atomic E-state index is 5.87. The molecular weight excluding hydrogens is 386 g/mol. The molecule has 1 atom stereocenters. The van der Waals surface area contributed by atoms with Crippen molar-refractivity contribution in [2.24, 2.45) is 0 Å². The monoisotopic (exact) mass is 417 g/mol. The molecule has 0 unspecified atom stereocenters. The van der Waals surface area contributed by atoms with Gasteiger partial charge in [-0.2, -0.15) is 0 Å². The smallest absolute Gasteiger partial charge is 0.123 e. The van der Waals surface area contributed by atoms with Gasteiger partial charge in [0.15, 0.2) is 0 Å². The van der Waals surface area contributed by atoms with Crippen LogP contribution in [-0.2, 0) is 13.2 Å². The molecule has 1 saturated heterocycles. The van der Waals surface area contributed by atoms with Crippen molar-refractivity contribution in [3.05, 3.63) is 89.7 Å². The molecule has 1 aliphatic rings. The van der Waals surface area contributed by atoms with Crippen LogP contribution in [0.25, 0.3) is 0 Å². The molecule has 1 fully saturated rings. The van der Waals surface area contributed by atoms with E-state index in [2.05, 4.69) is 45.5 Å². The number of rotatable bonds is 10. The van der Waals surface area contributed by atoms with Gasteiger partial charge in [-0.15, -0.1) is 0 Å². The van der Waals surface area contributed by atoms with Gasteiger partial charge in [-0.3, -0.25) is 9.88 Å². The topological polar surface area (TPSA) is 46.6 Å². The third kappa shape index (κ3) is 5.84. The van der Waals surface area contributed by atoms with Gasteiger partial charge in [0.1, 0.15) is 18.1 Å². The Labute approximate surface area is 185 Å². The average Bonchev–Trinajstić information content (AvgIpc) is 3.37. The number of hydrogen-bond acceptors (Lipinski definition) is 5. The van der Waals surface area contributed by atoms with Crippen LogP contribution in [0.2, 0.25) is 0 Å². The molecule has 1 aromatic heterocycles. The first-order valence-corrected chi connectivity index (χ1v) is 11.0. The minimum atomic E-state index is 0.321. The van der Waals surface area contributed by atoms with Crippen LogP contribution >= 0.6 is 0 Å². The number of aromatic nitrogens is 1. The molecule has 4 rings (SSSR count). The molecule has 0 spiro atoms. The molecule has 0 aliphatic carbocycles. The fourth-order valence-corrected chi connectivity index (χ4v) is 4.13. The molecule has 5 nitrogen and oxygen atoms in total. The lowest BCUT2D eigenvalue weighted by atomic mass is 10.0. The number of para-hydroxylation sites is 1. The first kappa shape index (κ1) is 21.3. The van der Waals surface area contributed by atoms with E-state index in [1.807, 2.05) is 30.3 Å². The van der Waals surface area contributed by atoms with Gasteiger partial charge in [0.25, 0.3) is 0 Å². The van der Waals surface area contributed by atoms with Gasteiger partial charge in [-0.05, 0) is 67.4 Å². The van der Waals surface area contributed by atoms with E-state index in [0.29, 0.717) is 12.6 Å². The first-order valence-electron chi connectivity index (χ1n) is 11.0. The summed E-state index contributed by atoms with van der Waals surface area (Å²) in [5.74, 6) is 1.85. The van der Waals surface area contributed by atoms with E-state index in [1.165, 1.54) is 24.0 Å². The molecule has 1 aliphatic heterocycles. The van der Waals surface area contributed by atoms with E-state index >= 15 is 0 Å². The third-order valence-corrected chi connectivity index (χ3v) is 5.82. The Balaban J connectivity index is 1.33. The van der Waals surface area contributed by atoms with E-state index in [0.717, 1.165) is 43.2 Å². The van der Waals surface area contributed by atoms with E-state index in [-0.39, 0.29) is 0 Å². The quantitative estimate of drug-likeness (QED) is 0.523. The highest BCUT2D eigenvalue weighted by Gasteiger charge is 2.25. The summed E-state index contributed by atoms with van der Waals surface area (Å²) in [4.78, 5) is 6.60. The Bertz CT molecular complexity index is 925. The van der Waals surface area contributed by atoms with Gasteiger partial charge in [0, 0.05) is 31.0 Å². The maximum Gasteiger partial charge on any atom is 0.123 e. The molecule has 0 amide bonds. The van der Waals surface area contributed by atoms with Crippen molar-refractivity contribution in [2.75, 3.05) is 26.7 Å². The number of nitrogens with one attached hydrogen (secondary N) is 1. The average molecular weight is 418 g/mol. The second-order valence-electron chi connectivity index (χ2n) is 7.92. The van der Waals surface area contributed by atoms with Gasteiger partial charge in [-0.25, -0.2) is 0 Å². The number of nitrogens with zero attached hydrogens (tertiary/aromatic N) is 2. The number of hydrogen-bond donors (Lipinski definition) is 1. The minimum absolute atomic E-state index is 0.321. The second-order valence-corrected chi connectivity index (χ2v) is 7.92. The van der Waals surface area contributed by atoms with Crippen LogP contribution in [-0.4, -0.2) is 36.6 Å². The largest absolute Gasteiger partial charge is 0.496 e. The zero-order valence-corrected chi connectivity index (χ0v) is 18.2. The predicted octanol–water partition coefficient (Wildman–Crippen LogP) is 4.60. The molecule has 162 valence electrons. The highest BCUT2D eigenvalue weighted by molar-refractivity contribution is 5.36. The van der Waals surface area contributed by atoms with Crippen LogP contribution < -0.4 is 14.8 Å². The molecule has 0 bridgehead atoms. The van der Waals surface area contributed by atoms with Crippen LogP contribution in [0.15, 0.2) is 73.1 Å². The molecular formula is C26H31N3O2. The molecule has 2 heterocycles. The Morgan fingerprint density at radius 3 is 2.42 bits per heavy atom. The van der Waals surface area contributed by atoms with Gasteiger partial charge in [-0.1, -0.05) is 30.3 Å². The van der Waals surface area contributed by atoms with Crippen molar-refractivity contribution in [1.82, 2.24) is 15.2 Å². The summed E-state index contributed by atoms with van der Waals surface area (Å²) in [6.07, 6.45) is 6.11. The fourth-order valence-electron chi connectivity index (χ4n) is 4.13. The van der Waals surface area contributed by atoms with E-state index < -0.39 is 0 Å². The van der Waals surface area contributed by atoms with Crippen molar-refractivity contribution in [3.63, 3.8) is 0 Å². The molecule has 5 heteroatoms. The Morgan fingerprint density at radius 1 is 0.935 bits per heavy atom. The van der Waals surface area contributed by atoms with E-state index in [9.17, 15) is 0 Å². The second kappa shape index (κ2) is 10.9. The maximum atomic E-state index is 5.87. The SMILES string of the molecule is COc1ccccc1[C@H](CNCc1ccc(OCc2ccncc2)cc1)N1CCCC1. The summed E-state index contributed by atoms with van der Waals surface area (Å²) in [7, 11) is 1.76. The lowest BCUT2D eigenvalue weighted by Gasteiger charge is -2.29. The van der Waals surface area contributed by atoms with Crippen LogP contribution in [0, 0.1) is 0 Å². The molecule has 0 saturated carbocycles. The number of likely N-dealkylation sites (tertiary alicyclic amines) is 1. The van der Waals surface area contributed by atoms with Crippen molar-refractivity contribution in [3.8, 4) is 11.5 Å². The molecule has 0 radical (unpaired) electrons. The number of ether oxygens (including phenoxy) is 2. The van der Waals surface area contributed by atoms with Crippen LogP contribution in [0.4, 0.5) is 0 Å². The Kier molecular flexibility index (Phi) is 7.53. The highest BCUT2D eigenvalue weighted by Crippen LogP contribution is 2.31. The summed E-state index contributed by atoms with van der Waals surface area (Å²) < 4.78 is 11.5. The first-order chi connectivity index (χ1) is 15.3. The van der Waals surface area contributed by atoms with Gasteiger partial charge in [0.2, 0.25) is 0 Å². The Hall–Kier alpha value is -2.89. The van der Waals surface area contributed by atoms with E-state index in [1.54, 1.807) is 19.5 Å². The van der Waals surface area contributed by atoms with Gasteiger partial charge < -0.3 is 14.8 Å². The summed E-state index contributed by atoms with van der Waals surface area (Å²) >= 11 is 0. The van der Waals surface area contributed by atoms with E-state index in [4.69, 9.17) is 9.47 Å². The lowest BCUT2D eigenvalue weighted by molar-refractivity contribution is 0.232. The van der Waals surface area contributed by atoms with Crippen molar-refractivity contribution in [1.29, 1.82) is 0 Å². The number of methoxy groups -OCH3 is 1. The van der Waals surface area contributed by atoms with Crippen LogP contribution in [0.5, 0.6) is 11.5 Å². The van der Waals surface area contributed by atoms with Crippen LogP contribution in [0.1, 0.15) is 35.6 Å². The minimum Gasteiger partial charge on any atom is -0.496 e. The zero-order valence-electron chi connectivity index (χ0n) is 18.2. The third-order valence-electron chi connectivity index (χ3n) is 5.82. The Morgan fingerprint density at radius 2 is 1.68 bits per heavy atom. The van der Waals surface area contributed by atoms with Crippen LogP contribution in [0.3, 0.4) is 0 Å². The van der Waals surface area contributed by atoms with Crippen molar-refractivity contribution >= 4 is 0 Å². The molecule has 31 heavy (non-hydrogen) atoms. The number of pyridine rings is 1.